The standard InChI is InChI=1S/C24H32N4O3/c1-2-3-4-5-6-7-8-9-10-11-24(29)25-20-12-14-21(15-13-20)26-27-22-16-18-23(19-17-22)28(30)31/h12-19H,2-11H2,1H3,(H,25,29). The van der Waals surface area contributed by atoms with Gasteiger partial charge in [-0.25, -0.2) is 0 Å². The molecule has 0 saturated carbocycles. The van der Waals surface area contributed by atoms with Crippen molar-refractivity contribution in [3.63, 3.8) is 0 Å². The van der Waals surface area contributed by atoms with Crippen LogP contribution in [-0.4, -0.2) is 10.8 Å². The Morgan fingerprint density at radius 1 is 0.806 bits per heavy atom. The van der Waals surface area contributed by atoms with Gasteiger partial charge in [-0.2, -0.15) is 10.2 Å². The summed E-state index contributed by atoms with van der Waals surface area (Å²) in [5, 5.41) is 21.8. The molecule has 0 radical (unpaired) electrons. The topological polar surface area (TPSA) is 97.0 Å². The van der Waals surface area contributed by atoms with Crippen molar-refractivity contribution in [2.24, 2.45) is 10.2 Å². The molecular weight excluding hydrogens is 392 g/mol. The highest BCUT2D eigenvalue weighted by Crippen LogP contribution is 2.22. The summed E-state index contributed by atoms with van der Waals surface area (Å²) in [6.07, 6.45) is 11.6. The molecule has 0 spiro atoms. The second-order valence-corrected chi connectivity index (χ2v) is 7.65. The maximum Gasteiger partial charge on any atom is 0.269 e. The van der Waals surface area contributed by atoms with E-state index in [1.54, 1.807) is 36.4 Å². The van der Waals surface area contributed by atoms with Crippen molar-refractivity contribution in [2.45, 2.75) is 71.1 Å². The minimum atomic E-state index is -0.455. The highest BCUT2D eigenvalue weighted by molar-refractivity contribution is 5.90. The van der Waals surface area contributed by atoms with Gasteiger partial charge in [0, 0.05) is 24.2 Å². The molecule has 2 aromatic rings. The molecule has 0 atom stereocenters. The molecule has 31 heavy (non-hydrogen) atoms. The number of benzene rings is 2. The molecule has 1 amide bonds. The minimum absolute atomic E-state index is 0.0152. The lowest BCUT2D eigenvalue weighted by atomic mass is 10.1. The number of unbranched alkanes of at least 4 members (excludes halogenated alkanes) is 8. The lowest BCUT2D eigenvalue weighted by molar-refractivity contribution is -0.384. The van der Waals surface area contributed by atoms with E-state index in [-0.39, 0.29) is 11.6 Å². The lowest BCUT2D eigenvalue weighted by Gasteiger charge is -2.05. The highest BCUT2D eigenvalue weighted by atomic mass is 16.6. The van der Waals surface area contributed by atoms with Gasteiger partial charge < -0.3 is 5.32 Å². The molecule has 1 N–H and O–H groups in total. The summed E-state index contributed by atoms with van der Waals surface area (Å²) in [4.78, 5) is 22.3. The molecule has 2 rings (SSSR count). The van der Waals surface area contributed by atoms with E-state index in [1.807, 2.05) is 0 Å². The third-order valence-corrected chi connectivity index (χ3v) is 5.00. The van der Waals surface area contributed by atoms with Crippen LogP contribution in [0.5, 0.6) is 0 Å². The molecule has 0 aliphatic heterocycles. The Bertz CT molecular complexity index is 833. The van der Waals surface area contributed by atoms with E-state index in [2.05, 4.69) is 22.5 Å². The van der Waals surface area contributed by atoms with Crippen LogP contribution in [0, 0.1) is 10.1 Å². The predicted molar refractivity (Wildman–Crippen MR) is 124 cm³/mol. The number of anilines is 1. The van der Waals surface area contributed by atoms with Gasteiger partial charge in [-0.05, 0) is 42.8 Å². The molecule has 0 aromatic heterocycles. The van der Waals surface area contributed by atoms with Gasteiger partial charge in [0.15, 0.2) is 0 Å². The number of nitro benzene ring substituents is 1. The molecule has 166 valence electrons. The van der Waals surface area contributed by atoms with E-state index < -0.39 is 4.92 Å². The summed E-state index contributed by atoms with van der Waals surface area (Å²) in [7, 11) is 0. The smallest absolute Gasteiger partial charge is 0.269 e. The minimum Gasteiger partial charge on any atom is -0.326 e. The Morgan fingerprint density at radius 2 is 1.29 bits per heavy atom. The Morgan fingerprint density at radius 3 is 1.81 bits per heavy atom. The molecule has 0 aliphatic carbocycles. The average molecular weight is 425 g/mol. The van der Waals surface area contributed by atoms with Crippen LogP contribution < -0.4 is 5.32 Å². The van der Waals surface area contributed by atoms with E-state index >= 15 is 0 Å². The van der Waals surface area contributed by atoms with Crippen molar-refractivity contribution in [2.75, 3.05) is 5.32 Å². The van der Waals surface area contributed by atoms with Gasteiger partial charge in [-0.15, -0.1) is 0 Å². The Hall–Kier alpha value is -3.09. The SMILES string of the molecule is CCCCCCCCCCCC(=O)Nc1ccc(N=Nc2ccc([N+](=O)[O-])cc2)cc1. The Balaban J connectivity index is 1.66. The number of azo groups is 1. The summed E-state index contributed by atoms with van der Waals surface area (Å²) < 4.78 is 0. The summed E-state index contributed by atoms with van der Waals surface area (Å²) in [5.74, 6) is 0.0307. The fourth-order valence-electron chi connectivity index (χ4n) is 3.19. The van der Waals surface area contributed by atoms with Crippen molar-refractivity contribution in [1.82, 2.24) is 0 Å². The first-order valence-corrected chi connectivity index (χ1v) is 11.1. The number of nitro groups is 1. The van der Waals surface area contributed by atoms with Crippen LogP contribution in [0.1, 0.15) is 71.1 Å². The first-order chi connectivity index (χ1) is 15.1. The van der Waals surface area contributed by atoms with E-state index in [9.17, 15) is 14.9 Å². The maximum atomic E-state index is 12.1. The zero-order valence-electron chi connectivity index (χ0n) is 18.3. The summed E-state index contributed by atoms with van der Waals surface area (Å²) in [6, 6.07) is 13.0. The van der Waals surface area contributed by atoms with Crippen LogP contribution in [-0.2, 0) is 4.79 Å². The van der Waals surface area contributed by atoms with Crippen molar-refractivity contribution in [1.29, 1.82) is 0 Å². The zero-order chi connectivity index (χ0) is 22.3. The number of carbonyl (C=O) groups is 1. The van der Waals surface area contributed by atoms with Crippen molar-refractivity contribution >= 4 is 28.7 Å². The molecular formula is C24H32N4O3. The normalized spacial score (nSPS) is 11.0. The van der Waals surface area contributed by atoms with Gasteiger partial charge in [0.2, 0.25) is 5.91 Å². The van der Waals surface area contributed by atoms with Crippen LogP contribution in [0.3, 0.4) is 0 Å². The van der Waals surface area contributed by atoms with Gasteiger partial charge in [0.1, 0.15) is 0 Å². The quantitative estimate of drug-likeness (QED) is 0.145. The van der Waals surface area contributed by atoms with E-state index in [0.29, 0.717) is 17.8 Å². The average Bonchev–Trinajstić information content (AvgIpc) is 2.78. The van der Waals surface area contributed by atoms with Gasteiger partial charge in [-0.1, -0.05) is 58.3 Å². The van der Waals surface area contributed by atoms with Crippen LogP contribution >= 0.6 is 0 Å². The van der Waals surface area contributed by atoms with Crippen molar-refractivity contribution in [3.8, 4) is 0 Å². The van der Waals surface area contributed by atoms with Crippen LogP contribution in [0.2, 0.25) is 0 Å². The summed E-state index contributed by atoms with van der Waals surface area (Å²) in [5.41, 5.74) is 1.91. The molecule has 2 aromatic carbocycles. The molecule has 0 bridgehead atoms. The monoisotopic (exact) mass is 424 g/mol. The van der Waals surface area contributed by atoms with Crippen LogP contribution in [0.15, 0.2) is 58.8 Å². The predicted octanol–water partition coefficient (Wildman–Crippen LogP) is 7.87. The lowest BCUT2D eigenvalue weighted by Crippen LogP contribution is -2.10. The molecule has 0 aliphatic rings. The van der Waals surface area contributed by atoms with Gasteiger partial charge in [0.05, 0.1) is 16.3 Å². The van der Waals surface area contributed by atoms with E-state index in [1.165, 1.54) is 57.1 Å². The van der Waals surface area contributed by atoms with Gasteiger partial charge >= 0.3 is 0 Å². The number of hydrogen-bond donors (Lipinski definition) is 1. The second kappa shape index (κ2) is 14.0. The fourth-order valence-corrected chi connectivity index (χ4v) is 3.19. The van der Waals surface area contributed by atoms with Crippen molar-refractivity contribution in [3.05, 3.63) is 58.6 Å². The molecule has 0 saturated heterocycles. The Kier molecular flexibility index (Phi) is 10.9. The molecule has 7 heteroatoms. The highest BCUT2D eigenvalue weighted by Gasteiger charge is 2.04. The van der Waals surface area contributed by atoms with E-state index in [4.69, 9.17) is 0 Å². The van der Waals surface area contributed by atoms with E-state index in [0.717, 1.165) is 18.5 Å². The fraction of sp³-hybridized carbons (Fsp3) is 0.458. The largest absolute Gasteiger partial charge is 0.326 e. The maximum absolute atomic E-state index is 12.1. The first kappa shape index (κ1) is 24.2. The third-order valence-electron chi connectivity index (χ3n) is 5.00. The number of nitrogens with one attached hydrogen (secondary N) is 1. The third kappa shape index (κ3) is 9.98. The molecule has 0 heterocycles. The summed E-state index contributed by atoms with van der Waals surface area (Å²) in [6.45, 7) is 2.23. The number of hydrogen-bond acceptors (Lipinski definition) is 5. The molecule has 0 fully saturated rings. The second-order valence-electron chi connectivity index (χ2n) is 7.65. The number of carbonyl (C=O) groups excluding carboxylic acids is 1. The Labute approximate surface area is 184 Å². The number of non-ortho nitro benzene ring substituents is 1. The molecule has 7 nitrogen and oxygen atoms in total. The van der Waals surface area contributed by atoms with Gasteiger partial charge in [0.25, 0.3) is 5.69 Å². The zero-order valence-corrected chi connectivity index (χ0v) is 18.3. The number of amides is 1. The summed E-state index contributed by atoms with van der Waals surface area (Å²) >= 11 is 0. The first-order valence-electron chi connectivity index (χ1n) is 11.1. The van der Waals surface area contributed by atoms with Crippen LogP contribution in [0.25, 0.3) is 0 Å². The number of nitrogens with zero attached hydrogens (tertiary/aromatic N) is 3. The van der Waals surface area contributed by atoms with Gasteiger partial charge in [-0.3, -0.25) is 14.9 Å². The number of rotatable bonds is 14. The molecule has 0 unspecified atom stereocenters. The van der Waals surface area contributed by atoms with Crippen molar-refractivity contribution < 1.29 is 9.72 Å². The van der Waals surface area contributed by atoms with Crippen LogP contribution in [0.4, 0.5) is 22.7 Å².